The van der Waals surface area contributed by atoms with E-state index in [1.54, 1.807) is 12.1 Å². The number of nitrogens with one attached hydrogen (secondary N) is 2. The lowest BCUT2D eigenvalue weighted by Crippen LogP contribution is -2.47. The van der Waals surface area contributed by atoms with Crippen molar-refractivity contribution in [2.24, 2.45) is 5.92 Å². The predicted molar refractivity (Wildman–Crippen MR) is 122 cm³/mol. The highest BCUT2D eigenvalue weighted by atomic mass is 16.5. The van der Waals surface area contributed by atoms with Gasteiger partial charge in [0.15, 0.2) is 6.10 Å². The Labute approximate surface area is 183 Å². The Morgan fingerprint density at radius 3 is 2.10 bits per heavy atom. The van der Waals surface area contributed by atoms with Gasteiger partial charge in [-0.05, 0) is 42.7 Å². The minimum atomic E-state index is -1.01. The number of carbonyl (C=O) groups is 3. The summed E-state index contributed by atoms with van der Waals surface area (Å²) in [7, 11) is 3.86. The third-order valence-corrected chi connectivity index (χ3v) is 4.76. The first kappa shape index (κ1) is 23.9. The Hall–Kier alpha value is -3.35. The van der Waals surface area contributed by atoms with Gasteiger partial charge < -0.3 is 20.3 Å². The molecule has 0 heterocycles. The van der Waals surface area contributed by atoms with Gasteiger partial charge in [-0.25, -0.2) is 4.79 Å². The summed E-state index contributed by atoms with van der Waals surface area (Å²) in [6.07, 6.45) is -0.843. The SMILES string of the molecule is CC(OC(=O)[C@@H](NC(=O)Cc1ccccc1)C(C)C)C(=O)Nc1ccc(N(C)C)cc1. The van der Waals surface area contributed by atoms with Gasteiger partial charge in [0.1, 0.15) is 6.04 Å². The molecule has 0 aromatic heterocycles. The maximum atomic E-state index is 12.6. The van der Waals surface area contributed by atoms with E-state index < -0.39 is 24.0 Å². The number of hydrogen-bond acceptors (Lipinski definition) is 5. The van der Waals surface area contributed by atoms with Gasteiger partial charge >= 0.3 is 5.97 Å². The van der Waals surface area contributed by atoms with Crippen LogP contribution in [-0.2, 0) is 25.5 Å². The molecule has 0 saturated heterocycles. The van der Waals surface area contributed by atoms with Crippen molar-refractivity contribution in [3.8, 4) is 0 Å². The Balaban J connectivity index is 1.92. The van der Waals surface area contributed by atoms with Gasteiger partial charge in [0.2, 0.25) is 5.91 Å². The van der Waals surface area contributed by atoms with Gasteiger partial charge in [0.25, 0.3) is 5.91 Å². The largest absolute Gasteiger partial charge is 0.451 e. The molecular weight excluding hydrogens is 394 g/mol. The molecule has 0 aliphatic rings. The fourth-order valence-corrected chi connectivity index (χ4v) is 2.89. The van der Waals surface area contributed by atoms with E-state index in [0.717, 1.165) is 11.3 Å². The smallest absolute Gasteiger partial charge is 0.329 e. The number of rotatable bonds is 9. The van der Waals surface area contributed by atoms with E-state index in [4.69, 9.17) is 4.74 Å². The standard InChI is InChI=1S/C24H31N3O4/c1-16(2)22(26-21(28)15-18-9-7-6-8-10-18)24(30)31-17(3)23(29)25-19-11-13-20(14-12-19)27(4)5/h6-14,16-17,22H,15H2,1-5H3,(H,25,29)(H,26,28)/t17?,22-/m0/s1. The van der Waals surface area contributed by atoms with Crippen LogP contribution in [0, 0.1) is 5.92 Å². The predicted octanol–water partition coefficient (Wildman–Crippen LogP) is 3.01. The Morgan fingerprint density at radius 1 is 0.935 bits per heavy atom. The minimum absolute atomic E-state index is 0.163. The third-order valence-electron chi connectivity index (χ3n) is 4.76. The summed E-state index contributed by atoms with van der Waals surface area (Å²) >= 11 is 0. The van der Waals surface area contributed by atoms with Gasteiger partial charge in [-0.3, -0.25) is 9.59 Å². The third kappa shape index (κ3) is 7.44. The van der Waals surface area contributed by atoms with Crippen molar-refractivity contribution < 1.29 is 19.1 Å². The average molecular weight is 426 g/mol. The quantitative estimate of drug-likeness (QED) is 0.603. The van der Waals surface area contributed by atoms with E-state index in [1.165, 1.54) is 6.92 Å². The number of esters is 1. The summed E-state index contributed by atoms with van der Waals surface area (Å²) in [5, 5.41) is 5.46. The van der Waals surface area contributed by atoms with Crippen LogP contribution in [0.3, 0.4) is 0 Å². The zero-order chi connectivity index (χ0) is 23.0. The van der Waals surface area contributed by atoms with Crippen molar-refractivity contribution in [2.75, 3.05) is 24.3 Å². The molecule has 2 aromatic rings. The number of nitrogens with zero attached hydrogens (tertiary/aromatic N) is 1. The highest BCUT2D eigenvalue weighted by Crippen LogP contribution is 2.16. The molecule has 0 saturated carbocycles. The number of carbonyl (C=O) groups excluding carboxylic acids is 3. The lowest BCUT2D eigenvalue weighted by atomic mass is 10.0. The minimum Gasteiger partial charge on any atom is -0.451 e. The van der Waals surface area contributed by atoms with Crippen LogP contribution < -0.4 is 15.5 Å². The van der Waals surface area contributed by atoms with E-state index >= 15 is 0 Å². The van der Waals surface area contributed by atoms with Gasteiger partial charge in [-0.15, -0.1) is 0 Å². The maximum absolute atomic E-state index is 12.6. The van der Waals surface area contributed by atoms with E-state index in [1.807, 2.05) is 75.3 Å². The zero-order valence-corrected chi connectivity index (χ0v) is 18.7. The molecule has 7 heteroatoms. The molecule has 2 N–H and O–H groups in total. The first-order valence-electron chi connectivity index (χ1n) is 10.3. The average Bonchev–Trinajstić information content (AvgIpc) is 2.72. The van der Waals surface area contributed by atoms with Crippen LogP contribution in [0.4, 0.5) is 11.4 Å². The molecule has 0 aliphatic heterocycles. The Morgan fingerprint density at radius 2 is 1.55 bits per heavy atom. The van der Waals surface area contributed by atoms with Crippen LogP contribution in [0.25, 0.3) is 0 Å². The van der Waals surface area contributed by atoms with Crippen LogP contribution in [0.5, 0.6) is 0 Å². The summed E-state index contributed by atoms with van der Waals surface area (Å²) < 4.78 is 5.35. The summed E-state index contributed by atoms with van der Waals surface area (Å²) in [5.41, 5.74) is 2.46. The molecule has 0 bridgehead atoms. The van der Waals surface area contributed by atoms with E-state index in [-0.39, 0.29) is 18.2 Å². The normalized spacial score (nSPS) is 12.6. The fraction of sp³-hybridized carbons (Fsp3) is 0.375. The molecule has 0 spiro atoms. The molecule has 2 rings (SSSR count). The summed E-state index contributed by atoms with van der Waals surface area (Å²) in [6, 6.07) is 15.7. The number of benzene rings is 2. The van der Waals surface area contributed by atoms with Crippen molar-refractivity contribution in [1.82, 2.24) is 5.32 Å². The number of hydrogen-bond donors (Lipinski definition) is 2. The lowest BCUT2D eigenvalue weighted by Gasteiger charge is -2.23. The van der Waals surface area contributed by atoms with Crippen LogP contribution in [0.15, 0.2) is 54.6 Å². The van der Waals surface area contributed by atoms with Crippen molar-refractivity contribution >= 4 is 29.2 Å². The molecule has 1 unspecified atom stereocenters. The van der Waals surface area contributed by atoms with Crippen LogP contribution >= 0.6 is 0 Å². The first-order valence-corrected chi connectivity index (χ1v) is 10.3. The number of amides is 2. The van der Waals surface area contributed by atoms with Crippen LogP contribution in [0.2, 0.25) is 0 Å². The number of ether oxygens (including phenoxy) is 1. The van der Waals surface area contributed by atoms with Crippen molar-refractivity contribution in [1.29, 1.82) is 0 Å². The van der Waals surface area contributed by atoms with Crippen LogP contribution in [-0.4, -0.2) is 44.0 Å². The molecule has 2 aromatic carbocycles. The molecular formula is C24H31N3O4. The Kier molecular flexibility index (Phi) is 8.61. The molecule has 0 aliphatic carbocycles. The molecule has 166 valence electrons. The monoisotopic (exact) mass is 425 g/mol. The van der Waals surface area contributed by atoms with E-state index in [0.29, 0.717) is 5.69 Å². The van der Waals surface area contributed by atoms with Crippen LogP contribution in [0.1, 0.15) is 26.3 Å². The molecule has 31 heavy (non-hydrogen) atoms. The second-order valence-electron chi connectivity index (χ2n) is 7.96. The van der Waals surface area contributed by atoms with E-state index in [9.17, 15) is 14.4 Å². The molecule has 7 nitrogen and oxygen atoms in total. The fourth-order valence-electron chi connectivity index (χ4n) is 2.89. The summed E-state index contributed by atoms with van der Waals surface area (Å²) in [4.78, 5) is 39.4. The lowest BCUT2D eigenvalue weighted by molar-refractivity contribution is -0.157. The first-order chi connectivity index (χ1) is 14.7. The highest BCUT2D eigenvalue weighted by Gasteiger charge is 2.29. The molecule has 0 fully saturated rings. The van der Waals surface area contributed by atoms with Gasteiger partial charge in [0.05, 0.1) is 6.42 Å². The second kappa shape index (κ2) is 11.2. The van der Waals surface area contributed by atoms with E-state index in [2.05, 4.69) is 10.6 Å². The van der Waals surface area contributed by atoms with Crippen molar-refractivity contribution in [3.63, 3.8) is 0 Å². The van der Waals surface area contributed by atoms with Crippen molar-refractivity contribution in [2.45, 2.75) is 39.3 Å². The topological polar surface area (TPSA) is 87.7 Å². The summed E-state index contributed by atoms with van der Waals surface area (Å²) in [6.45, 7) is 5.13. The number of anilines is 2. The zero-order valence-electron chi connectivity index (χ0n) is 18.7. The highest BCUT2D eigenvalue weighted by molar-refractivity contribution is 5.96. The van der Waals surface area contributed by atoms with Gasteiger partial charge in [-0.2, -0.15) is 0 Å². The van der Waals surface area contributed by atoms with Gasteiger partial charge in [0, 0.05) is 25.5 Å². The second-order valence-corrected chi connectivity index (χ2v) is 7.96. The molecule has 2 atom stereocenters. The molecule has 0 radical (unpaired) electrons. The van der Waals surface area contributed by atoms with Gasteiger partial charge in [-0.1, -0.05) is 44.2 Å². The maximum Gasteiger partial charge on any atom is 0.329 e. The summed E-state index contributed by atoms with van der Waals surface area (Å²) in [5.74, 6) is -1.55. The Bertz CT molecular complexity index is 879. The van der Waals surface area contributed by atoms with Crippen molar-refractivity contribution in [3.05, 3.63) is 60.2 Å². The molecule has 2 amide bonds.